The number of nitrogens with one attached hydrogen (secondary N) is 2. The summed E-state index contributed by atoms with van der Waals surface area (Å²) in [6, 6.07) is 10.7. The summed E-state index contributed by atoms with van der Waals surface area (Å²) in [6.45, 7) is -0.564. The van der Waals surface area contributed by atoms with E-state index in [2.05, 4.69) is 10.3 Å². The van der Waals surface area contributed by atoms with Gasteiger partial charge in [0.2, 0.25) is 0 Å². The molecule has 0 aliphatic heterocycles. The summed E-state index contributed by atoms with van der Waals surface area (Å²) in [5.74, 6) is -0.590. The van der Waals surface area contributed by atoms with Crippen molar-refractivity contribution in [3.63, 3.8) is 0 Å². The number of nitro benzene ring substituents is 1. The zero-order valence-corrected chi connectivity index (χ0v) is 14.5. The van der Waals surface area contributed by atoms with Crippen molar-refractivity contribution in [2.24, 2.45) is 0 Å². The topological polar surface area (TPSA) is 146 Å². The summed E-state index contributed by atoms with van der Waals surface area (Å²) in [6.07, 6.45) is -0.0176. The van der Waals surface area contributed by atoms with Crippen molar-refractivity contribution in [2.45, 2.75) is 12.1 Å². The lowest BCUT2D eigenvalue weighted by Gasteiger charge is -2.23. The van der Waals surface area contributed by atoms with Crippen molar-refractivity contribution in [3.05, 3.63) is 86.3 Å². The van der Waals surface area contributed by atoms with Gasteiger partial charge in [0.05, 0.1) is 23.1 Å². The Labute approximate surface area is 158 Å². The van der Waals surface area contributed by atoms with Crippen LogP contribution in [0.2, 0.25) is 0 Å². The van der Waals surface area contributed by atoms with Gasteiger partial charge in [-0.1, -0.05) is 18.2 Å². The molecule has 0 spiro atoms. The molecule has 144 valence electrons. The van der Waals surface area contributed by atoms with Crippen LogP contribution in [-0.2, 0) is 0 Å². The molecule has 0 saturated carbocycles. The summed E-state index contributed by atoms with van der Waals surface area (Å²) >= 11 is 0. The molecular formula is C19H17N3O6. The van der Waals surface area contributed by atoms with Crippen LogP contribution in [0.25, 0.3) is 10.8 Å². The summed E-state index contributed by atoms with van der Waals surface area (Å²) in [7, 11) is 0. The highest BCUT2D eigenvalue weighted by molar-refractivity contribution is 6.06. The summed E-state index contributed by atoms with van der Waals surface area (Å²) in [4.78, 5) is 37.2. The number of hydrogen-bond acceptors (Lipinski definition) is 6. The Morgan fingerprint density at radius 3 is 2.39 bits per heavy atom. The number of fused-ring (bicyclic) bond motifs is 1. The first-order chi connectivity index (χ1) is 13.4. The number of aliphatic hydroxyl groups excluding tert-OH is 2. The number of carbonyl (C=O) groups excluding carboxylic acids is 1. The zero-order valence-electron chi connectivity index (χ0n) is 14.5. The van der Waals surface area contributed by atoms with E-state index < -0.39 is 29.6 Å². The number of aliphatic hydroxyl groups is 2. The van der Waals surface area contributed by atoms with Crippen molar-refractivity contribution < 1.29 is 19.9 Å². The fourth-order valence-corrected chi connectivity index (χ4v) is 2.89. The van der Waals surface area contributed by atoms with Crippen molar-refractivity contribution in [3.8, 4) is 0 Å². The Bertz CT molecular complexity index is 1080. The second kappa shape index (κ2) is 7.99. The Balaban J connectivity index is 1.85. The van der Waals surface area contributed by atoms with Crippen molar-refractivity contribution in [1.29, 1.82) is 0 Å². The highest BCUT2D eigenvalue weighted by atomic mass is 16.6. The third kappa shape index (κ3) is 3.75. The predicted octanol–water partition coefficient (Wildman–Crippen LogP) is 1.26. The molecule has 0 aliphatic rings. The third-order valence-corrected chi connectivity index (χ3v) is 4.39. The Morgan fingerprint density at radius 2 is 1.79 bits per heavy atom. The molecule has 2 aromatic carbocycles. The number of non-ortho nitro benzene ring substituents is 1. The first-order valence-corrected chi connectivity index (χ1v) is 8.37. The minimum atomic E-state index is -1.29. The van der Waals surface area contributed by atoms with Crippen LogP contribution in [0, 0.1) is 10.1 Å². The molecule has 9 heteroatoms. The summed E-state index contributed by atoms with van der Waals surface area (Å²) in [5, 5.41) is 34.1. The molecule has 0 bridgehead atoms. The number of H-pyrrole nitrogens is 1. The molecule has 1 amide bonds. The van der Waals surface area contributed by atoms with Crippen LogP contribution in [0.4, 0.5) is 5.69 Å². The van der Waals surface area contributed by atoms with Gasteiger partial charge in [0.15, 0.2) is 0 Å². The monoisotopic (exact) mass is 383 g/mol. The minimum absolute atomic E-state index is 0.139. The Morgan fingerprint density at radius 1 is 1.14 bits per heavy atom. The molecule has 9 nitrogen and oxygen atoms in total. The molecule has 28 heavy (non-hydrogen) atoms. The molecule has 2 unspecified atom stereocenters. The highest BCUT2D eigenvalue weighted by Gasteiger charge is 2.24. The largest absolute Gasteiger partial charge is 0.394 e. The number of nitrogens with zero attached hydrogens (tertiary/aromatic N) is 1. The molecule has 1 heterocycles. The van der Waals surface area contributed by atoms with E-state index >= 15 is 0 Å². The molecule has 3 aromatic rings. The molecular weight excluding hydrogens is 366 g/mol. The SMILES string of the molecule is O=C(NC(CO)C(O)c1ccc([N+](=O)[O-])cc1)c1c[nH]c(=O)c2ccccc12. The van der Waals surface area contributed by atoms with E-state index in [4.69, 9.17) is 0 Å². The van der Waals surface area contributed by atoms with E-state index in [9.17, 15) is 29.9 Å². The van der Waals surface area contributed by atoms with Crippen LogP contribution < -0.4 is 10.9 Å². The Kier molecular flexibility index (Phi) is 5.48. The molecule has 3 rings (SSSR count). The summed E-state index contributed by atoms with van der Waals surface area (Å²) < 4.78 is 0. The smallest absolute Gasteiger partial charge is 0.269 e. The number of nitro groups is 1. The maximum atomic E-state index is 12.7. The second-order valence-corrected chi connectivity index (χ2v) is 6.13. The number of amides is 1. The zero-order chi connectivity index (χ0) is 20.3. The number of pyridine rings is 1. The first-order valence-electron chi connectivity index (χ1n) is 8.37. The van der Waals surface area contributed by atoms with E-state index in [1.165, 1.54) is 30.5 Å². The number of benzene rings is 2. The van der Waals surface area contributed by atoms with Crippen LogP contribution in [0.1, 0.15) is 22.0 Å². The number of hydrogen-bond donors (Lipinski definition) is 4. The molecule has 0 radical (unpaired) electrons. The fourth-order valence-electron chi connectivity index (χ4n) is 2.89. The molecule has 0 fully saturated rings. The van der Waals surface area contributed by atoms with Gasteiger partial charge in [-0.3, -0.25) is 19.7 Å². The Hall–Kier alpha value is -3.56. The highest BCUT2D eigenvalue weighted by Crippen LogP contribution is 2.21. The normalized spacial score (nSPS) is 13.1. The van der Waals surface area contributed by atoms with Crippen molar-refractivity contribution >= 4 is 22.4 Å². The van der Waals surface area contributed by atoms with Gasteiger partial charge >= 0.3 is 0 Å². The van der Waals surface area contributed by atoms with Crippen molar-refractivity contribution in [2.75, 3.05) is 6.61 Å². The number of carbonyl (C=O) groups is 1. The van der Waals surface area contributed by atoms with Gasteiger partial charge in [0.25, 0.3) is 17.2 Å². The standard InChI is InChI=1S/C19H17N3O6/c23-10-16(17(24)11-5-7-12(8-6-11)22(27)28)21-19(26)15-9-20-18(25)14-4-2-1-3-13(14)15/h1-9,16-17,23-24H,10H2,(H,20,25)(H,21,26). The van der Waals surface area contributed by atoms with Gasteiger partial charge < -0.3 is 20.5 Å². The predicted molar refractivity (Wildman–Crippen MR) is 101 cm³/mol. The van der Waals surface area contributed by atoms with Crippen molar-refractivity contribution in [1.82, 2.24) is 10.3 Å². The van der Waals surface area contributed by atoms with E-state index in [0.717, 1.165) is 0 Å². The van der Waals surface area contributed by atoms with Crippen LogP contribution in [0.3, 0.4) is 0 Å². The lowest BCUT2D eigenvalue weighted by atomic mass is 10.0. The van der Waals surface area contributed by atoms with Gasteiger partial charge in [0, 0.05) is 29.1 Å². The summed E-state index contributed by atoms with van der Waals surface area (Å²) in [5.41, 5.74) is 0.0119. The van der Waals surface area contributed by atoms with Crippen LogP contribution in [-0.4, -0.2) is 38.7 Å². The average Bonchev–Trinajstić information content (AvgIpc) is 2.72. The first kappa shape index (κ1) is 19.2. The van der Waals surface area contributed by atoms with E-state index in [1.807, 2.05) is 0 Å². The van der Waals surface area contributed by atoms with Gasteiger partial charge in [-0.2, -0.15) is 0 Å². The minimum Gasteiger partial charge on any atom is -0.394 e. The molecule has 4 N–H and O–H groups in total. The lowest BCUT2D eigenvalue weighted by Crippen LogP contribution is -2.42. The third-order valence-electron chi connectivity index (χ3n) is 4.39. The van der Waals surface area contributed by atoms with E-state index in [0.29, 0.717) is 16.3 Å². The fraction of sp³-hybridized carbons (Fsp3) is 0.158. The number of aromatic nitrogens is 1. The number of aromatic amines is 1. The molecule has 2 atom stereocenters. The van der Waals surface area contributed by atoms with E-state index in [1.54, 1.807) is 24.3 Å². The molecule has 0 saturated heterocycles. The molecule has 0 aliphatic carbocycles. The van der Waals surface area contributed by atoms with E-state index in [-0.39, 0.29) is 16.8 Å². The van der Waals surface area contributed by atoms with Gasteiger partial charge in [-0.05, 0) is 23.8 Å². The quantitative estimate of drug-likeness (QED) is 0.372. The maximum absolute atomic E-state index is 12.7. The maximum Gasteiger partial charge on any atom is 0.269 e. The van der Waals surface area contributed by atoms with Crippen LogP contribution in [0.5, 0.6) is 0 Å². The van der Waals surface area contributed by atoms with Gasteiger partial charge in [-0.25, -0.2) is 0 Å². The number of rotatable bonds is 6. The molecule has 1 aromatic heterocycles. The second-order valence-electron chi connectivity index (χ2n) is 6.13. The lowest BCUT2D eigenvalue weighted by molar-refractivity contribution is -0.384. The average molecular weight is 383 g/mol. The van der Waals surface area contributed by atoms with Gasteiger partial charge in [0.1, 0.15) is 6.10 Å². The van der Waals surface area contributed by atoms with Gasteiger partial charge in [-0.15, -0.1) is 0 Å². The van der Waals surface area contributed by atoms with Crippen LogP contribution >= 0.6 is 0 Å². The van der Waals surface area contributed by atoms with Crippen LogP contribution in [0.15, 0.2) is 59.5 Å².